The lowest BCUT2D eigenvalue weighted by molar-refractivity contribution is 0.0654. The van der Waals surface area contributed by atoms with E-state index < -0.39 is 17.7 Å². The number of halogens is 1. The van der Waals surface area contributed by atoms with Gasteiger partial charge in [0, 0.05) is 6.07 Å². The van der Waals surface area contributed by atoms with Crippen molar-refractivity contribution >= 4 is 29.1 Å². The van der Waals surface area contributed by atoms with Crippen molar-refractivity contribution in [1.82, 2.24) is 15.2 Å². The molecule has 0 saturated heterocycles. The highest BCUT2D eigenvalue weighted by Gasteiger charge is 2.15. The summed E-state index contributed by atoms with van der Waals surface area (Å²) in [5.41, 5.74) is 0.669. The first-order valence-electron chi connectivity index (χ1n) is 5.02. The SMILES string of the molecule is O=C(O)c1nnc(Nc2nc3ccc(F)cc3o2)o1. The second-order valence-corrected chi connectivity index (χ2v) is 3.47. The Kier molecular flexibility index (Phi) is 2.37. The van der Waals surface area contributed by atoms with Crippen molar-refractivity contribution in [3.63, 3.8) is 0 Å². The minimum absolute atomic E-state index is 0.0128. The van der Waals surface area contributed by atoms with Crippen LogP contribution in [0.25, 0.3) is 11.1 Å². The van der Waals surface area contributed by atoms with Crippen LogP contribution in [0.4, 0.5) is 16.4 Å². The first kappa shape index (κ1) is 11.1. The normalized spacial score (nSPS) is 10.8. The topological polar surface area (TPSA) is 114 Å². The number of hydrogen-bond donors (Lipinski definition) is 2. The van der Waals surface area contributed by atoms with Crippen LogP contribution in [0.5, 0.6) is 0 Å². The van der Waals surface area contributed by atoms with E-state index in [4.69, 9.17) is 13.9 Å². The molecule has 3 rings (SSSR count). The van der Waals surface area contributed by atoms with Crippen molar-refractivity contribution in [1.29, 1.82) is 0 Å². The van der Waals surface area contributed by atoms with Crippen molar-refractivity contribution < 1.29 is 23.1 Å². The maximum absolute atomic E-state index is 13.0. The number of hydrogen-bond acceptors (Lipinski definition) is 7. The van der Waals surface area contributed by atoms with Crippen LogP contribution in [0.2, 0.25) is 0 Å². The van der Waals surface area contributed by atoms with E-state index in [0.29, 0.717) is 5.52 Å². The zero-order chi connectivity index (χ0) is 13.4. The predicted molar refractivity (Wildman–Crippen MR) is 58.5 cm³/mol. The van der Waals surface area contributed by atoms with Gasteiger partial charge in [0.05, 0.1) is 0 Å². The molecule has 1 aromatic carbocycles. The number of aromatic nitrogens is 3. The van der Waals surface area contributed by atoms with Crippen molar-refractivity contribution in [2.24, 2.45) is 0 Å². The molecule has 0 atom stereocenters. The van der Waals surface area contributed by atoms with Gasteiger partial charge in [-0.1, -0.05) is 10.2 Å². The van der Waals surface area contributed by atoms with Gasteiger partial charge in [-0.05, 0) is 12.1 Å². The summed E-state index contributed by atoms with van der Waals surface area (Å²) in [5, 5.41) is 17.8. The first-order chi connectivity index (χ1) is 9.11. The van der Waals surface area contributed by atoms with Gasteiger partial charge in [-0.25, -0.2) is 9.18 Å². The Morgan fingerprint density at radius 3 is 2.84 bits per heavy atom. The summed E-state index contributed by atoms with van der Waals surface area (Å²) < 4.78 is 22.9. The molecule has 8 nitrogen and oxygen atoms in total. The Labute approximate surface area is 103 Å². The fourth-order valence-corrected chi connectivity index (χ4v) is 1.40. The lowest BCUT2D eigenvalue weighted by Crippen LogP contribution is -1.95. The van der Waals surface area contributed by atoms with Gasteiger partial charge >= 0.3 is 23.9 Å². The van der Waals surface area contributed by atoms with Gasteiger partial charge in [-0.15, -0.1) is 0 Å². The number of aromatic carboxylic acids is 1. The molecule has 2 aromatic heterocycles. The molecule has 0 spiro atoms. The number of benzene rings is 1. The molecular weight excluding hydrogens is 259 g/mol. The first-order valence-corrected chi connectivity index (χ1v) is 5.02. The molecule has 0 radical (unpaired) electrons. The van der Waals surface area contributed by atoms with Crippen LogP contribution < -0.4 is 5.32 Å². The third-order valence-electron chi connectivity index (χ3n) is 2.17. The number of nitrogens with zero attached hydrogens (tertiary/aromatic N) is 3. The molecule has 0 amide bonds. The van der Waals surface area contributed by atoms with E-state index in [0.717, 1.165) is 0 Å². The zero-order valence-electron chi connectivity index (χ0n) is 9.12. The number of fused-ring (bicyclic) bond motifs is 1. The van der Waals surface area contributed by atoms with E-state index in [1.54, 1.807) is 0 Å². The molecule has 0 aliphatic rings. The lowest BCUT2D eigenvalue weighted by Gasteiger charge is -1.91. The van der Waals surface area contributed by atoms with Crippen molar-refractivity contribution in [3.8, 4) is 0 Å². The quantitative estimate of drug-likeness (QED) is 0.735. The highest BCUT2D eigenvalue weighted by atomic mass is 19.1. The lowest BCUT2D eigenvalue weighted by atomic mass is 10.3. The average molecular weight is 264 g/mol. The Morgan fingerprint density at radius 2 is 2.11 bits per heavy atom. The highest BCUT2D eigenvalue weighted by Crippen LogP contribution is 2.22. The van der Waals surface area contributed by atoms with E-state index in [-0.39, 0.29) is 17.6 Å². The summed E-state index contributed by atoms with van der Waals surface area (Å²) in [5.74, 6) is -2.37. The second-order valence-electron chi connectivity index (χ2n) is 3.47. The molecule has 0 saturated carbocycles. The van der Waals surface area contributed by atoms with Crippen LogP contribution >= 0.6 is 0 Å². The summed E-state index contributed by atoms with van der Waals surface area (Å²) in [6, 6.07) is 3.65. The molecule has 0 aliphatic carbocycles. The van der Waals surface area contributed by atoms with Crippen LogP contribution in [0.15, 0.2) is 27.0 Å². The van der Waals surface area contributed by atoms with Crippen LogP contribution in [0.3, 0.4) is 0 Å². The van der Waals surface area contributed by atoms with E-state index >= 15 is 0 Å². The third kappa shape index (κ3) is 2.08. The summed E-state index contributed by atoms with van der Waals surface area (Å²) in [4.78, 5) is 14.5. The number of anilines is 2. The van der Waals surface area contributed by atoms with Gasteiger partial charge in [0.25, 0.3) is 0 Å². The Bertz CT molecular complexity index is 766. The van der Waals surface area contributed by atoms with Crippen LogP contribution in [0.1, 0.15) is 10.7 Å². The van der Waals surface area contributed by atoms with E-state index in [9.17, 15) is 9.18 Å². The van der Waals surface area contributed by atoms with E-state index in [1.165, 1.54) is 18.2 Å². The Balaban J connectivity index is 1.89. The maximum atomic E-state index is 13.0. The van der Waals surface area contributed by atoms with Gasteiger partial charge in [0.1, 0.15) is 11.3 Å². The summed E-state index contributed by atoms with van der Waals surface area (Å²) >= 11 is 0. The van der Waals surface area contributed by atoms with E-state index in [2.05, 4.69) is 20.5 Å². The Hall–Kier alpha value is -2.97. The summed E-state index contributed by atoms with van der Waals surface area (Å²) in [6.07, 6.45) is 0. The van der Waals surface area contributed by atoms with Gasteiger partial charge in [-0.2, -0.15) is 4.98 Å². The molecule has 96 valence electrons. The van der Waals surface area contributed by atoms with Crippen molar-refractivity contribution in [3.05, 3.63) is 29.9 Å². The molecule has 9 heteroatoms. The molecule has 0 aliphatic heterocycles. The second kappa shape index (κ2) is 4.05. The zero-order valence-corrected chi connectivity index (χ0v) is 9.12. The fraction of sp³-hybridized carbons (Fsp3) is 0. The molecule has 2 N–H and O–H groups in total. The van der Waals surface area contributed by atoms with Crippen LogP contribution in [-0.4, -0.2) is 26.3 Å². The maximum Gasteiger partial charge on any atom is 0.393 e. The predicted octanol–water partition coefficient (Wildman–Crippen LogP) is 1.79. The van der Waals surface area contributed by atoms with Gasteiger partial charge in [-0.3, -0.25) is 5.32 Å². The van der Waals surface area contributed by atoms with Gasteiger partial charge < -0.3 is 13.9 Å². The number of carboxylic acids is 1. The van der Waals surface area contributed by atoms with Gasteiger partial charge in [0.2, 0.25) is 0 Å². The number of rotatable bonds is 3. The molecule has 0 unspecified atom stereocenters. The highest BCUT2D eigenvalue weighted by molar-refractivity contribution is 5.82. The molecule has 2 heterocycles. The number of oxazole rings is 1. The monoisotopic (exact) mass is 264 g/mol. The molecule has 19 heavy (non-hydrogen) atoms. The standard InChI is InChI=1S/C10H5FN4O4/c11-4-1-2-5-6(3-4)18-9(12-5)13-10-15-14-7(19-10)8(16)17/h1-3H,(H,16,17)(H,12,13,15). The van der Waals surface area contributed by atoms with Crippen molar-refractivity contribution in [2.75, 3.05) is 5.32 Å². The molecule has 0 fully saturated rings. The number of nitrogens with one attached hydrogen (secondary N) is 1. The third-order valence-corrected chi connectivity index (χ3v) is 2.17. The molecule has 3 aromatic rings. The molecular formula is C10H5FN4O4. The van der Waals surface area contributed by atoms with Crippen molar-refractivity contribution in [2.45, 2.75) is 0 Å². The minimum Gasteiger partial charge on any atom is -0.474 e. The number of carbonyl (C=O) groups is 1. The largest absolute Gasteiger partial charge is 0.474 e. The Morgan fingerprint density at radius 1 is 1.26 bits per heavy atom. The smallest absolute Gasteiger partial charge is 0.393 e. The summed E-state index contributed by atoms with van der Waals surface area (Å²) in [6.45, 7) is 0. The van der Waals surface area contributed by atoms with E-state index in [1.807, 2.05) is 0 Å². The minimum atomic E-state index is -1.35. The van der Waals surface area contributed by atoms with Crippen LogP contribution in [-0.2, 0) is 0 Å². The summed E-state index contributed by atoms with van der Waals surface area (Å²) in [7, 11) is 0. The fourth-order valence-electron chi connectivity index (χ4n) is 1.40. The van der Waals surface area contributed by atoms with Crippen LogP contribution in [0, 0.1) is 5.82 Å². The average Bonchev–Trinajstić information content (AvgIpc) is 2.95. The van der Waals surface area contributed by atoms with Gasteiger partial charge in [0.15, 0.2) is 5.58 Å². The number of carboxylic acid groups (broad SMARTS) is 1. The molecule has 0 bridgehead atoms.